The molecular weight excluding hydrogens is 398 g/mol. The number of rotatable bonds is 11. The standard InChI is InChI=1S/C28H41NO3/c30-26(31)28(11-5-12-28)20-29-16-14-27(15-17-29,21-32-19-22-6-4-7-22)13-10-24-18-25(24)23-8-2-1-3-9-23/h1-3,8-9,22,24-25H,4-7,10-21H2,(H,30,31)/t24-,25?/m1/s1. The van der Waals surface area contributed by atoms with Crippen LogP contribution in [0.2, 0.25) is 0 Å². The highest BCUT2D eigenvalue weighted by Gasteiger charge is 2.47. The van der Waals surface area contributed by atoms with Gasteiger partial charge in [0.25, 0.3) is 0 Å². The van der Waals surface area contributed by atoms with Gasteiger partial charge in [-0.3, -0.25) is 4.79 Å². The molecule has 4 heteroatoms. The molecule has 0 bridgehead atoms. The molecule has 1 heterocycles. The molecule has 32 heavy (non-hydrogen) atoms. The Morgan fingerprint density at radius 3 is 2.41 bits per heavy atom. The van der Waals surface area contributed by atoms with Gasteiger partial charge in [-0.25, -0.2) is 0 Å². The van der Waals surface area contributed by atoms with Gasteiger partial charge >= 0.3 is 5.97 Å². The van der Waals surface area contributed by atoms with Gasteiger partial charge in [-0.05, 0) is 99.6 Å². The van der Waals surface area contributed by atoms with Gasteiger partial charge in [0.15, 0.2) is 0 Å². The van der Waals surface area contributed by atoms with Crippen molar-refractivity contribution in [1.29, 1.82) is 0 Å². The maximum atomic E-state index is 11.8. The lowest BCUT2D eigenvalue weighted by Gasteiger charge is -2.47. The summed E-state index contributed by atoms with van der Waals surface area (Å²) >= 11 is 0. The molecular formula is C28H41NO3. The molecule has 0 spiro atoms. The number of likely N-dealkylation sites (tertiary alicyclic amines) is 1. The maximum Gasteiger partial charge on any atom is 0.310 e. The van der Waals surface area contributed by atoms with E-state index < -0.39 is 11.4 Å². The summed E-state index contributed by atoms with van der Waals surface area (Å²) in [6.07, 6.45) is 13.1. The van der Waals surface area contributed by atoms with Crippen LogP contribution in [0.3, 0.4) is 0 Å². The molecule has 1 N–H and O–H groups in total. The number of aliphatic carboxylic acids is 1. The monoisotopic (exact) mass is 439 g/mol. The highest BCUT2D eigenvalue weighted by molar-refractivity contribution is 5.76. The molecule has 0 radical (unpaired) electrons. The molecule has 1 saturated heterocycles. The number of piperidine rings is 1. The largest absolute Gasteiger partial charge is 0.481 e. The summed E-state index contributed by atoms with van der Waals surface area (Å²) in [5.41, 5.74) is 1.35. The van der Waals surface area contributed by atoms with E-state index in [1.807, 2.05) is 0 Å². The smallest absolute Gasteiger partial charge is 0.310 e. The number of carboxylic acid groups (broad SMARTS) is 1. The van der Waals surface area contributed by atoms with E-state index in [9.17, 15) is 9.90 Å². The first-order valence-corrected chi connectivity index (χ1v) is 13.2. The minimum Gasteiger partial charge on any atom is -0.481 e. The Bertz CT molecular complexity index is 762. The van der Waals surface area contributed by atoms with Crippen LogP contribution in [-0.2, 0) is 9.53 Å². The molecule has 3 aliphatic carbocycles. The van der Waals surface area contributed by atoms with Crippen molar-refractivity contribution in [2.75, 3.05) is 32.8 Å². The first-order valence-electron chi connectivity index (χ1n) is 13.2. The van der Waals surface area contributed by atoms with Gasteiger partial charge in [0, 0.05) is 13.2 Å². The van der Waals surface area contributed by atoms with E-state index in [-0.39, 0.29) is 0 Å². The number of benzene rings is 1. The highest BCUT2D eigenvalue weighted by atomic mass is 16.5. The average Bonchev–Trinajstić information content (AvgIpc) is 3.53. The zero-order valence-electron chi connectivity index (χ0n) is 19.6. The maximum absolute atomic E-state index is 11.8. The van der Waals surface area contributed by atoms with Crippen molar-refractivity contribution < 1.29 is 14.6 Å². The van der Waals surface area contributed by atoms with Crippen molar-refractivity contribution in [1.82, 2.24) is 4.90 Å². The fraction of sp³-hybridized carbons (Fsp3) is 0.750. The quantitative estimate of drug-likeness (QED) is 0.479. The molecule has 0 aromatic heterocycles. The number of hydrogen-bond donors (Lipinski definition) is 1. The van der Waals surface area contributed by atoms with Crippen LogP contribution in [0.5, 0.6) is 0 Å². The van der Waals surface area contributed by atoms with Gasteiger partial charge < -0.3 is 14.7 Å². The van der Waals surface area contributed by atoms with Crippen molar-refractivity contribution in [3.05, 3.63) is 35.9 Å². The van der Waals surface area contributed by atoms with Gasteiger partial charge in [0.2, 0.25) is 0 Å². The molecule has 1 aromatic carbocycles. The number of carbonyl (C=O) groups is 1. The summed E-state index contributed by atoms with van der Waals surface area (Å²) in [7, 11) is 0. The van der Waals surface area contributed by atoms with Crippen LogP contribution in [0.4, 0.5) is 0 Å². The van der Waals surface area contributed by atoms with E-state index in [4.69, 9.17) is 4.74 Å². The lowest BCUT2D eigenvalue weighted by Crippen LogP contribution is -2.51. The lowest BCUT2D eigenvalue weighted by molar-refractivity contribution is -0.157. The van der Waals surface area contributed by atoms with Crippen molar-refractivity contribution in [3.63, 3.8) is 0 Å². The van der Waals surface area contributed by atoms with E-state index >= 15 is 0 Å². The average molecular weight is 440 g/mol. The molecule has 2 atom stereocenters. The van der Waals surface area contributed by atoms with Crippen LogP contribution in [0, 0.1) is 22.7 Å². The van der Waals surface area contributed by atoms with Gasteiger partial charge in [-0.1, -0.05) is 43.2 Å². The Balaban J connectivity index is 1.15. The zero-order valence-corrected chi connectivity index (χ0v) is 19.6. The lowest BCUT2D eigenvalue weighted by atomic mass is 9.67. The normalized spacial score (nSPS) is 29.1. The summed E-state index contributed by atoms with van der Waals surface area (Å²) < 4.78 is 6.34. The third-order valence-corrected chi connectivity index (χ3v) is 9.39. The Hall–Kier alpha value is -1.39. The molecule has 3 saturated carbocycles. The Labute approximate surface area is 193 Å². The number of carboxylic acids is 1. The Kier molecular flexibility index (Phi) is 6.63. The van der Waals surface area contributed by atoms with Crippen LogP contribution in [-0.4, -0.2) is 48.8 Å². The van der Waals surface area contributed by atoms with Gasteiger partial charge in [-0.15, -0.1) is 0 Å². The van der Waals surface area contributed by atoms with Crippen molar-refractivity contribution in [2.24, 2.45) is 22.7 Å². The Morgan fingerprint density at radius 2 is 1.81 bits per heavy atom. The summed E-state index contributed by atoms with van der Waals surface area (Å²) in [5.74, 6) is 1.82. The molecule has 176 valence electrons. The van der Waals surface area contributed by atoms with Crippen molar-refractivity contribution in [2.45, 2.75) is 76.5 Å². The molecule has 1 aromatic rings. The second-order valence-electron chi connectivity index (χ2n) is 11.6. The van der Waals surface area contributed by atoms with E-state index in [1.54, 1.807) is 0 Å². The van der Waals surface area contributed by atoms with Crippen LogP contribution in [0.1, 0.15) is 82.1 Å². The highest BCUT2D eigenvalue weighted by Crippen LogP contribution is 2.52. The molecule has 5 rings (SSSR count). The van der Waals surface area contributed by atoms with Crippen molar-refractivity contribution in [3.8, 4) is 0 Å². The third kappa shape index (κ3) is 4.92. The SMILES string of the molecule is O=C(O)C1(CN2CCC(CC[C@@H]3CC3c3ccccc3)(COCC3CCC3)CC2)CCC1. The van der Waals surface area contributed by atoms with Crippen LogP contribution >= 0.6 is 0 Å². The molecule has 4 fully saturated rings. The molecule has 4 nitrogen and oxygen atoms in total. The predicted molar refractivity (Wildman–Crippen MR) is 127 cm³/mol. The summed E-state index contributed by atoms with van der Waals surface area (Å²) in [5, 5.41) is 9.74. The fourth-order valence-electron chi connectivity index (χ4n) is 6.39. The number of nitrogens with zero attached hydrogens (tertiary/aromatic N) is 1. The fourth-order valence-corrected chi connectivity index (χ4v) is 6.39. The minimum atomic E-state index is -0.579. The summed E-state index contributed by atoms with van der Waals surface area (Å²) in [6.45, 7) is 4.68. The van der Waals surface area contributed by atoms with Gasteiger partial charge in [0.05, 0.1) is 12.0 Å². The zero-order chi connectivity index (χ0) is 22.0. The number of ether oxygens (including phenoxy) is 1. The first kappa shape index (κ1) is 22.4. The summed E-state index contributed by atoms with van der Waals surface area (Å²) in [4.78, 5) is 14.3. The molecule has 4 aliphatic rings. The van der Waals surface area contributed by atoms with E-state index in [2.05, 4.69) is 35.2 Å². The second-order valence-corrected chi connectivity index (χ2v) is 11.6. The third-order valence-electron chi connectivity index (χ3n) is 9.39. The Morgan fingerprint density at radius 1 is 1.06 bits per heavy atom. The predicted octanol–water partition coefficient (Wildman–Crippen LogP) is 5.72. The molecule has 0 amide bonds. The van der Waals surface area contributed by atoms with Crippen LogP contribution in [0.15, 0.2) is 30.3 Å². The van der Waals surface area contributed by atoms with Crippen LogP contribution < -0.4 is 0 Å². The topological polar surface area (TPSA) is 49.8 Å². The van der Waals surface area contributed by atoms with E-state index in [0.29, 0.717) is 5.41 Å². The molecule has 1 unspecified atom stereocenters. The van der Waals surface area contributed by atoms with E-state index in [1.165, 1.54) is 44.1 Å². The second kappa shape index (κ2) is 9.46. The van der Waals surface area contributed by atoms with E-state index in [0.717, 1.165) is 82.7 Å². The van der Waals surface area contributed by atoms with Gasteiger partial charge in [-0.2, -0.15) is 0 Å². The van der Waals surface area contributed by atoms with Gasteiger partial charge in [0.1, 0.15) is 0 Å². The molecule has 1 aliphatic heterocycles. The summed E-state index contributed by atoms with van der Waals surface area (Å²) in [6, 6.07) is 11.0. The van der Waals surface area contributed by atoms with Crippen molar-refractivity contribution >= 4 is 5.97 Å². The van der Waals surface area contributed by atoms with Crippen LogP contribution in [0.25, 0.3) is 0 Å². The first-order chi connectivity index (χ1) is 15.6. The minimum absolute atomic E-state index is 0.292. The number of hydrogen-bond acceptors (Lipinski definition) is 3.